The molecule has 0 saturated carbocycles. The number of rotatable bonds is 4. The van der Waals surface area contributed by atoms with Gasteiger partial charge in [0.1, 0.15) is 0 Å². The molecule has 1 amide bonds. The molecule has 0 aliphatic carbocycles. The summed E-state index contributed by atoms with van der Waals surface area (Å²) in [6.07, 6.45) is -4.72. The first kappa shape index (κ1) is 17.3. The summed E-state index contributed by atoms with van der Waals surface area (Å²) < 4.78 is 43.0. The van der Waals surface area contributed by atoms with Crippen LogP contribution in [-0.2, 0) is 20.5 Å². The molecule has 1 atom stereocenters. The van der Waals surface area contributed by atoms with Crippen molar-refractivity contribution in [2.75, 3.05) is 11.9 Å². The zero-order valence-corrected chi connectivity index (χ0v) is 11.6. The van der Waals surface area contributed by atoms with Crippen LogP contribution in [0.2, 0.25) is 5.02 Å². The van der Waals surface area contributed by atoms with Crippen LogP contribution in [0.3, 0.4) is 0 Å². The fraction of sp³-hybridized carbons (Fsp3) is 0.333. The summed E-state index contributed by atoms with van der Waals surface area (Å²) in [6.45, 7) is 1.50. The van der Waals surface area contributed by atoms with Gasteiger partial charge in [0.05, 0.1) is 17.9 Å². The van der Waals surface area contributed by atoms with Gasteiger partial charge in [-0.05, 0) is 25.1 Å². The van der Waals surface area contributed by atoms with Crippen molar-refractivity contribution in [3.05, 3.63) is 28.8 Å². The Morgan fingerprint density at radius 3 is 2.57 bits per heavy atom. The monoisotopic (exact) mass is 324 g/mol. The number of anilines is 1. The van der Waals surface area contributed by atoms with E-state index in [2.05, 4.69) is 4.74 Å². The number of alkyl halides is 3. The van der Waals surface area contributed by atoms with Crippen molar-refractivity contribution in [1.82, 2.24) is 0 Å². The SMILES string of the molecule is CCOC(=O)C(N)C(=O)Nc1ccc(Cl)cc1C(F)(F)F. The van der Waals surface area contributed by atoms with Gasteiger partial charge in [-0.15, -0.1) is 0 Å². The molecule has 9 heteroatoms. The number of amides is 1. The van der Waals surface area contributed by atoms with Crippen molar-refractivity contribution >= 4 is 29.2 Å². The van der Waals surface area contributed by atoms with E-state index in [4.69, 9.17) is 17.3 Å². The summed E-state index contributed by atoms with van der Waals surface area (Å²) in [5.74, 6) is -2.14. The van der Waals surface area contributed by atoms with Gasteiger partial charge >= 0.3 is 12.1 Å². The molecule has 1 aromatic carbocycles. The summed E-state index contributed by atoms with van der Waals surface area (Å²) >= 11 is 5.50. The summed E-state index contributed by atoms with van der Waals surface area (Å²) in [5, 5.41) is 1.80. The number of ether oxygens (including phenoxy) is 1. The molecule has 21 heavy (non-hydrogen) atoms. The minimum Gasteiger partial charge on any atom is -0.464 e. The maximum Gasteiger partial charge on any atom is 0.418 e. The van der Waals surface area contributed by atoms with Gasteiger partial charge in [0.15, 0.2) is 6.04 Å². The predicted molar refractivity (Wildman–Crippen MR) is 69.7 cm³/mol. The van der Waals surface area contributed by atoms with E-state index in [1.807, 2.05) is 5.32 Å². The number of nitrogens with two attached hydrogens (primary N) is 1. The highest BCUT2D eigenvalue weighted by atomic mass is 35.5. The highest BCUT2D eigenvalue weighted by Gasteiger charge is 2.35. The van der Waals surface area contributed by atoms with Crippen molar-refractivity contribution in [2.45, 2.75) is 19.1 Å². The molecule has 0 bridgehead atoms. The normalized spacial score (nSPS) is 12.7. The van der Waals surface area contributed by atoms with Crippen molar-refractivity contribution in [2.24, 2.45) is 5.73 Å². The summed E-state index contributed by atoms with van der Waals surface area (Å²) in [4.78, 5) is 22.9. The van der Waals surface area contributed by atoms with E-state index in [1.165, 1.54) is 13.0 Å². The number of benzene rings is 1. The van der Waals surface area contributed by atoms with Gasteiger partial charge in [-0.3, -0.25) is 4.79 Å². The predicted octanol–water partition coefficient (Wildman–Crippen LogP) is 2.19. The van der Waals surface area contributed by atoms with Crippen LogP contribution in [0.5, 0.6) is 0 Å². The van der Waals surface area contributed by atoms with Crippen molar-refractivity contribution in [3.8, 4) is 0 Å². The van der Waals surface area contributed by atoms with E-state index < -0.39 is 35.3 Å². The number of carbonyl (C=O) groups is 2. The second-order valence-electron chi connectivity index (χ2n) is 3.91. The number of esters is 1. The molecule has 1 rings (SSSR count). The van der Waals surface area contributed by atoms with E-state index in [1.54, 1.807) is 0 Å². The second-order valence-corrected chi connectivity index (χ2v) is 4.34. The second kappa shape index (κ2) is 6.77. The fourth-order valence-corrected chi connectivity index (χ4v) is 1.58. The van der Waals surface area contributed by atoms with E-state index >= 15 is 0 Å². The van der Waals surface area contributed by atoms with Crippen LogP contribution in [0.15, 0.2) is 18.2 Å². The minimum atomic E-state index is -4.72. The molecular weight excluding hydrogens is 313 g/mol. The lowest BCUT2D eigenvalue weighted by Gasteiger charge is -2.16. The third-order valence-electron chi connectivity index (χ3n) is 2.37. The topological polar surface area (TPSA) is 81.4 Å². The van der Waals surface area contributed by atoms with Gasteiger partial charge in [0.2, 0.25) is 0 Å². The lowest BCUT2D eigenvalue weighted by Crippen LogP contribution is -2.43. The van der Waals surface area contributed by atoms with Gasteiger partial charge in [-0.25, -0.2) is 4.79 Å². The average Bonchev–Trinajstić information content (AvgIpc) is 2.38. The van der Waals surface area contributed by atoms with Gasteiger partial charge < -0.3 is 15.8 Å². The zero-order chi connectivity index (χ0) is 16.2. The highest BCUT2D eigenvalue weighted by molar-refractivity contribution is 6.30. The molecule has 0 saturated heterocycles. The molecule has 0 heterocycles. The number of hydrogen-bond donors (Lipinski definition) is 2. The number of nitrogens with one attached hydrogen (secondary N) is 1. The molecule has 0 fully saturated rings. The number of halogens is 4. The van der Waals surface area contributed by atoms with Crippen molar-refractivity contribution < 1.29 is 27.5 Å². The van der Waals surface area contributed by atoms with Crippen LogP contribution < -0.4 is 11.1 Å². The highest BCUT2D eigenvalue weighted by Crippen LogP contribution is 2.36. The Hall–Kier alpha value is -1.80. The van der Waals surface area contributed by atoms with Crippen molar-refractivity contribution in [3.63, 3.8) is 0 Å². The fourth-order valence-electron chi connectivity index (χ4n) is 1.41. The lowest BCUT2D eigenvalue weighted by molar-refractivity contribution is -0.146. The molecule has 0 aliphatic heterocycles. The number of hydrogen-bond acceptors (Lipinski definition) is 4. The van der Waals surface area contributed by atoms with Gasteiger partial charge in [0, 0.05) is 5.02 Å². The van der Waals surface area contributed by atoms with E-state index in [0.29, 0.717) is 6.07 Å². The molecule has 5 nitrogen and oxygen atoms in total. The molecule has 0 spiro atoms. The summed E-state index contributed by atoms with van der Waals surface area (Å²) in [5.41, 5.74) is 3.61. The largest absolute Gasteiger partial charge is 0.464 e. The smallest absolute Gasteiger partial charge is 0.418 e. The van der Waals surface area contributed by atoms with E-state index in [-0.39, 0.29) is 11.6 Å². The Morgan fingerprint density at radius 2 is 2.05 bits per heavy atom. The minimum absolute atomic E-state index is 0.00540. The maximum atomic E-state index is 12.8. The van der Waals surface area contributed by atoms with Gasteiger partial charge in [0.25, 0.3) is 5.91 Å². The average molecular weight is 325 g/mol. The Bertz CT molecular complexity index is 549. The van der Waals surface area contributed by atoms with Crippen molar-refractivity contribution in [1.29, 1.82) is 0 Å². The van der Waals surface area contributed by atoms with Crippen LogP contribution in [0.4, 0.5) is 18.9 Å². The zero-order valence-electron chi connectivity index (χ0n) is 10.8. The van der Waals surface area contributed by atoms with Crippen LogP contribution in [0, 0.1) is 0 Å². The van der Waals surface area contributed by atoms with Gasteiger partial charge in [-0.1, -0.05) is 11.6 Å². The van der Waals surface area contributed by atoms with Crippen LogP contribution in [0.1, 0.15) is 12.5 Å². The molecule has 0 radical (unpaired) electrons. The Morgan fingerprint density at radius 1 is 1.43 bits per heavy atom. The Labute approximate surface area is 123 Å². The Balaban J connectivity index is 2.98. The Kier molecular flexibility index (Phi) is 5.56. The molecule has 0 aromatic heterocycles. The third-order valence-corrected chi connectivity index (χ3v) is 2.60. The summed E-state index contributed by atoms with van der Waals surface area (Å²) in [6, 6.07) is 1.08. The van der Waals surface area contributed by atoms with E-state index in [0.717, 1.165) is 6.07 Å². The first-order valence-electron chi connectivity index (χ1n) is 5.76. The third kappa shape index (κ3) is 4.61. The molecule has 3 N–H and O–H groups in total. The first-order valence-corrected chi connectivity index (χ1v) is 6.14. The quantitative estimate of drug-likeness (QED) is 0.657. The lowest BCUT2D eigenvalue weighted by atomic mass is 10.1. The molecule has 116 valence electrons. The first-order chi connectivity index (χ1) is 9.66. The van der Waals surface area contributed by atoms with Crippen LogP contribution in [0.25, 0.3) is 0 Å². The molecular formula is C12H12ClF3N2O3. The maximum absolute atomic E-state index is 12.8. The molecule has 1 aromatic rings. The van der Waals surface area contributed by atoms with Crippen LogP contribution >= 0.6 is 11.6 Å². The van der Waals surface area contributed by atoms with Crippen LogP contribution in [-0.4, -0.2) is 24.5 Å². The molecule has 1 unspecified atom stereocenters. The number of carbonyl (C=O) groups excluding carboxylic acids is 2. The van der Waals surface area contributed by atoms with E-state index in [9.17, 15) is 22.8 Å². The van der Waals surface area contributed by atoms with Gasteiger partial charge in [-0.2, -0.15) is 13.2 Å². The molecule has 0 aliphatic rings. The summed E-state index contributed by atoms with van der Waals surface area (Å²) in [7, 11) is 0. The standard InChI is InChI=1S/C12H12ClF3N2O3/c1-2-21-11(20)9(17)10(19)18-8-4-3-6(13)5-7(8)12(14,15)16/h3-5,9H,2,17H2,1H3,(H,18,19).